The van der Waals surface area contributed by atoms with Crippen molar-refractivity contribution in [3.05, 3.63) is 16.1 Å². The third kappa shape index (κ3) is 4.63. The number of rotatable bonds is 4. The lowest BCUT2D eigenvalue weighted by atomic mass is 9.76. The number of hydrogen-bond donors (Lipinski definition) is 1. The smallest absolute Gasteiger partial charge is 0.246 e. The zero-order valence-electron chi connectivity index (χ0n) is 13.3. The summed E-state index contributed by atoms with van der Waals surface area (Å²) in [4.78, 5) is 16.3. The molecule has 1 aromatic rings. The Kier molecular flexibility index (Phi) is 5.51. The average molecular weight is 307 g/mol. The molecule has 0 bridgehead atoms. The Labute approximate surface area is 131 Å². The molecular formula is C16H25N3OS. The molecule has 2 rings (SSSR count). The maximum absolute atomic E-state index is 12.0. The van der Waals surface area contributed by atoms with Gasteiger partial charge in [-0.1, -0.05) is 20.8 Å². The highest BCUT2D eigenvalue weighted by Gasteiger charge is 2.27. The van der Waals surface area contributed by atoms with Crippen LogP contribution in [0.1, 0.15) is 50.7 Å². The van der Waals surface area contributed by atoms with Gasteiger partial charge in [-0.05, 0) is 38.0 Å². The number of nitrogens with zero attached hydrogens (tertiary/aromatic N) is 2. The van der Waals surface area contributed by atoms with Crippen LogP contribution in [-0.2, 0) is 11.2 Å². The van der Waals surface area contributed by atoms with E-state index in [1.165, 1.54) is 12.8 Å². The first-order valence-corrected chi connectivity index (χ1v) is 8.60. The number of carbonyl (C=O) groups excluding carboxylic acids is 1. The molecular weight excluding hydrogens is 282 g/mol. The van der Waals surface area contributed by atoms with Crippen LogP contribution in [0.2, 0.25) is 0 Å². The molecule has 2 atom stereocenters. The number of hydrogen-bond acceptors (Lipinski definition) is 4. The molecule has 1 aliphatic carbocycles. The maximum atomic E-state index is 12.0. The Morgan fingerprint density at radius 3 is 2.90 bits per heavy atom. The second-order valence-corrected chi connectivity index (χ2v) is 7.47. The number of carbonyl (C=O) groups is 1. The van der Waals surface area contributed by atoms with Crippen LogP contribution in [0, 0.1) is 24.7 Å². The Bertz CT molecular complexity index is 521. The lowest BCUT2D eigenvalue weighted by Gasteiger charge is -2.30. The highest BCUT2D eigenvalue weighted by atomic mass is 32.1. The number of hydrazone groups is 1. The van der Waals surface area contributed by atoms with Crippen LogP contribution in [0.3, 0.4) is 0 Å². The molecule has 1 fully saturated rings. The molecule has 116 valence electrons. The van der Waals surface area contributed by atoms with Crippen molar-refractivity contribution < 1.29 is 4.79 Å². The van der Waals surface area contributed by atoms with Crippen LogP contribution in [-0.4, -0.2) is 16.6 Å². The molecule has 1 saturated carbocycles. The van der Waals surface area contributed by atoms with Crippen molar-refractivity contribution in [1.29, 1.82) is 0 Å². The minimum atomic E-state index is -0.0754. The summed E-state index contributed by atoms with van der Waals surface area (Å²) < 4.78 is 0. The van der Waals surface area contributed by atoms with Gasteiger partial charge in [-0.2, -0.15) is 5.10 Å². The zero-order chi connectivity index (χ0) is 15.4. The predicted molar refractivity (Wildman–Crippen MR) is 87.5 cm³/mol. The number of amides is 1. The standard InChI is InChI=1S/C16H25N3OS/c1-10(2)14-6-5-11(3)7-15(14)18-19-16(20)8-13-9-21-12(4)17-13/h9-11,14H,5-8H2,1-4H3,(H,19,20)/t11-,14-/m1/s1. The number of aryl methyl sites for hydroxylation is 1. The molecule has 0 aliphatic heterocycles. The maximum Gasteiger partial charge on any atom is 0.246 e. The number of aromatic nitrogens is 1. The molecule has 5 heteroatoms. The van der Waals surface area contributed by atoms with Gasteiger partial charge in [0.15, 0.2) is 0 Å². The summed E-state index contributed by atoms with van der Waals surface area (Å²) in [5.41, 5.74) is 4.71. The fourth-order valence-corrected chi connectivity index (χ4v) is 3.53. The van der Waals surface area contributed by atoms with E-state index in [0.717, 1.165) is 22.8 Å². The SMILES string of the molecule is Cc1nc(CC(=O)NN=C2C[C@H](C)CC[C@@H]2C(C)C)cs1. The van der Waals surface area contributed by atoms with Crippen molar-refractivity contribution >= 4 is 23.0 Å². The molecule has 0 unspecified atom stereocenters. The third-order valence-electron chi connectivity index (χ3n) is 4.09. The van der Waals surface area contributed by atoms with Gasteiger partial charge in [-0.15, -0.1) is 11.3 Å². The summed E-state index contributed by atoms with van der Waals surface area (Å²) in [5.74, 6) is 1.67. The fraction of sp³-hybridized carbons (Fsp3) is 0.688. The van der Waals surface area contributed by atoms with E-state index in [1.54, 1.807) is 11.3 Å². The van der Waals surface area contributed by atoms with Crippen molar-refractivity contribution in [3.63, 3.8) is 0 Å². The van der Waals surface area contributed by atoms with Gasteiger partial charge in [0.25, 0.3) is 0 Å². The summed E-state index contributed by atoms with van der Waals surface area (Å²) in [6.45, 7) is 8.67. The van der Waals surface area contributed by atoms with Gasteiger partial charge >= 0.3 is 0 Å². The lowest BCUT2D eigenvalue weighted by Crippen LogP contribution is -2.31. The predicted octanol–water partition coefficient (Wildman–Crippen LogP) is 3.56. The van der Waals surface area contributed by atoms with Crippen LogP contribution in [0.25, 0.3) is 0 Å². The second-order valence-electron chi connectivity index (χ2n) is 6.41. The monoisotopic (exact) mass is 307 g/mol. The Morgan fingerprint density at radius 2 is 2.29 bits per heavy atom. The van der Waals surface area contributed by atoms with Crippen molar-refractivity contribution in [2.45, 2.75) is 53.4 Å². The molecule has 1 aromatic heterocycles. The van der Waals surface area contributed by atoms with Crippen LogP contribution in [0.4, 0.5) is 0 Å². The van der Waals surface area contributed by atoms with E-state index in [1.807, 2.05) is 12.3 Å². The summed E-state index contributed by atoms with van der Waals surface area (Å²) >= 11 is 1.57. The molecule has 0 aromatic carbocycles. The molecule has 1 aliphatic rings. The number of nitrogens with one attached hydrogen (secondary N) is 1. The first kappa shape index (κ1) is 16.1. The van der Waals surface area contributed by atoms with Crippen molar-refractivity contribution in [3.8, 4) is 0 Å². The van der Waals surface area contributed by atoms with Gasteiger partial charge in [0.05, 0.1) is 17.1 Å². The van der Waals surface area contributed by atoms with Gasteiger partial charge in [-0.3, -0.25) is 4.79 Å². The van der Waals surface area contributed by atoms with E-state index in [2.05, 4.69) is 36.3 Å². The minimum absolute atomic E-state index is 0.0754. The van der Waals surface area contributed by atoms with Crippen molar-refractivity contribution in [2.24, 2.45) is 22.9 Å². The van der Waals surface area contributed by atoms with Gasteiger partial charge in [0.2, 0.25) is 5.91 Å². The normalized spacial score (nSPS) is 24.5. The van der Waals surface area contributed by atoms with Crippen molar-refractivity contribution in [2.75, 3.05) is 0 Å². The Morgan fingerprint density at radius 1 is 1.52 bits per heavy atom. The molecule has 0 radical (unpaired) electrons. The fourth-order valence-electron chi connectivity index (χ4n) is 2.92. The van der Waals surface area contributed by atoms with Crippen LogP contribution in [0.5, 0.6) is 0 Å². The molecule has 4 nitrogen and oxygen atoms in total. The van der Waals surface area contributed by atoms with Gasteiger partial charge in [0, 0.05) is 17.0 Å². The quantitative estimate of drug-likeness (QED) is 0.865. The van der Waals surface area contributed by atoms with E-state index in [0.29, 0.717) is 24.2 Å². The second kappa shape index (κ2) is 7.16. The van der Waals surface area contributed by atoms with E-state index < -0.39 is 0 Å². The average Bonchev–Trinajstić information content (AvgIpc) is 2.81. The summed E-state index contributed by atoms with van der Waals surface area (Å²) in [6.07, 6.45) is 3.74. The molecule has 0 spiro atoms. The highest BCUT2D eigenvalue weighted by Crippen LogP contribution is 2.31. The molecule has 1 N–H and O–H groups in total. The van der Waals surface area contributed by atoms with E-state index >= 15 is 0 Å². The Balaban J connectivity index is 1.95. The molecule has 1 heterocycles. The molecule has 1 amide bonds. The Hall–Kier alpha value is -1.23. The van der Waals surface area contributed by atoms with Crippen molar-refractivity contribution in [1.82, 2.24) is 10.4 Å². The molecule has 21 heavy (non-hydrogen) atoms. The van der Waals surface area contributed by atoms with E-state index in [9.17, 15) is 4.79 Å². The zero-order valence-corrected chi connectivity index (χ0v) is 14.2. The minimum Gasteiger partial charge on any atom is -0.273 e. The lowest BCUT2D eigenvalue weighted by molar-refractivity contribution is -0.120. The van der Waals surface area contributed by atoms with Crippen LogP contribution >= 0.6 is 11.3 Å². The summed E-state index contributed by atoms with van der Waals surface area (Å²) in [6, 6.07) is 0. The summed E-state index contributed by atoms with van der Waals surface area (Å²) in [5, 5.41) is 7.35. The van der Waals surface area contributed by atoms with E-state index in [4.69, 9.17) is 0 Å². The number of thiazole rings is 1. The topological polar surface area (TPSA) is 54.4 Å². The van der Waals surface area contributed by atoms with Gasteiger partial charge < -0.3 is 0 Å². The van der Waals surface area contributed by atoms with E-state index in [-0.39, 0.29) is 5.91 Å². The van der Waals surface area contributed by atoms with Crippen LogP contribution in [0.15, 0.2) is 10.5 Å². The van der Waals surface area contributed by atoms with Gasteiger partial charge in [-0.25, -0.2) is 10.4 Å². The summed E-state index contributed by atoms with van der Waals surface area (Å²) in [7, 11) is 0. The highest BCUT2D eigenvalue weighted by molar-refractivity contribution is 7.09. The largest absolute Gasteiger partial charge is 0.273 e. The first-order chi connectivity index (χ1) is 9.95. The van der Waals surface area contributed by atoms with Gasteiger partial charge in [0.1, 0.15) is 0 Å². The first-order valence-electron chi connectivity index (χ1n) is 7.72. The third-order valence-corrected chi connectivity index (χ3v) is 4.92. The molecule has 0 saturated heterocycles. The van der Waals surface area contributed by atoms with Crippen LogP contribution < -0.4 is 5.43 Å².